The van der Waals surface area contributed by atoms with E-state index in [-0.39, 0.29) is 18.3 Å². The molecule has 0 aliphatic rings. The van der Waals surface area contributed by atoms with Gasteiger partial charge in [0.15, 0.2) is 11.5 Å². The average molecular weight is 368 g/mol. The van der Waals surface area contributed by atoms with Crippen molar-refractivity contribution in [2.24, 2.45) is 5.73 Å². The van der Waals surface area contributed by atoms with Crippen LogP contribution in [-0.2, 0) is 11.3 Å². The first-order chi connectivity index (χ1) is 9.12. The highest BCUT2D eigenvalue weighted by atomic mass is 79.9. The van der Waals surface area contributed by atoms with Crippen LogP contribution in [0.2, 0.25) is 0 Å². The summed E-state index contributed by atoms with van der Waals surface area (Å²) in [7, 11) is 3.16. The summed E-state index contributed by atoms with van der Waals surface area (Å²) in [6.45, 7) is 0.956. The number of hydrogen-bond acceptors (Lipinski definition) is 4. The molecule has 0 aromatic heterocycles. The van der Waals surface area contributed by atoms with Crippen LogP contribution in [0.3, 0.4) is 0 Å². The van der Waals surface area contributed by atoms with Gasteiger partial charge in [-0.05, 0) is 30.7 Å². The van der Waals surface area contributed by atoms with Gasteiger partial charge in [0, 0.05) is 17.4 Å². The van der Waals surface area contributed by atoms with E-state index in [0.717, 1.165) is 10.0 Å². The van der Waals surface area contributed by atoms with Crippen LogP contribution in [0.25, 0.3) is 0 Å². The van der Waals surface area contributed by atoms with Gasteiger partial charge in [0.2, 0.25) is 5.91 Å². The Morgan fingerprint density at radius 2 is 1.90 bits per heavy atom. The second-order valence-corrected chi connectivity index (χ2v) is 4.82. The summed E-state index contributed by atoms with van der Waals surface area (Å²) in [5, 5.41) is 2.84. The number of nitrogens with two attached hydrogens (primary N) is 1. The molecule has 3 N–H and O–H groups in total. The number of carbonyl (C=O) groups is 1. The van der Waals surface area contributed by atoms with Crippen molar-refractivity contribution in [1.29, 1.82) is 0 Å². The van der Waals surface area contributed by atoms with Crippen molar-refractivity contribution in [2.45, 2.75) is 19.4 Å². The second-order valence-electron chi connectivity index (χ2n) is 3.97. The van der Waals surface area contributed by atoms with Gasteiger partial charge < -0.3 is 20.5 Å². The predicted octanol–water partition coefficient (Wildman–Crippen LogP) is 2.24. The summed E-state index contributed by atoms with van der Waals surface area (Å²) in [6.07, 6.45) is 1.14. The van der Waals surface area contributed by atoms with Crippen molar-refractivity contribution in [3.8, 4) is 11.5 Å². The standard InChI is InChI=1S/C13H19BrN2O3.ClH/c1-18-11-6-9(10(14)7-12(11)19-2)8-16-13(17)4-3-5-15;/h6-7H,3-5,8,15H2,1-2H3,(H,16,17);1H. The monoisotopic (exact) mass is 366 g/mol. The molecule has 0 saturated heterocycles. The third kappa shape index (κ3) is 5.56. The van der Waals surface area contributed by atoms with E-state index in [1.54, 1.807) is 14.2 Å². The van der Waals surface area contributed by atoms with Gasteiger partial charge in [0.25, 0.3) is 0 Å². The summed E-state index contributed by atoms with van der Waals surface area (Å²) in [6, 6.07) is 3.66. The lowest BCUT2D eigenvalue weighted by atomic mass is 10.2. The molecule has 1 rings (SSSR count). The van der Waals surface area contributed by atoms with Gasteiger partial charge in [-0.3, -0.25) is 4.79 Å². The average Bonchev–Trinajstić information content (AvgIpc) is 2.43. The summed E-state index contributed by atoms with van der Waals surface area (Å²) in [5.74, 6) is 1.27. The fourth-order valence-electron chi connectivity index (χ4n) is 1.58. The van der Waals surface area contributed by atoms with Crippen LogP contribution in [-0.4, -0.2) is 26.7 Å². The molecule has 20 heavy (non-hydrogen) atoms. The molecule has 0 spiro atoms. The number of carbonyl (C=O) groups excluding carboxylic acids is 1. The van der Waals surface area contributed by atoms with Crippen molar-refractivity contribution in [1.82, 2.24) is 5.32 Å². The quantitative estimate of drug-likeness (QED) is 0.775. The van der Waals surface area contributed by atoms with Crippen LogP contribution in [0, 0.1) is 0 Å². The van der Waals surface area contributed by atoms with Gasteiger partial charge in [-0.2, -0.15) is 0 Å². The minimum atomic E-state index is -0.00728. The number of halogens is 2. The molecule has 0 unspecified atom stereocenters. The van der Waals surface area contributed by atoms with Crippen LogP contribution in [0.1, 0.15) is 18.4 Å². The Kier molecular flexibility index (Phi) is 9.37. The molecule has 0 aliphatic carbocycles. The number of amides is 1. The third-order valence-corrected chi connectivity index (χ3v) is 3.37. The first kappa shape index (κ1) is 19.0. The van der Waals surface area contributed by atoms with Crippen LogP contribution in [0.15, 0.2) is 16.6 Å². The molecule has 0 fully saturated rings. The summed E-state index contributed by atoms with van der Waals surface area (Å²) in [4.78, 5) is 11.5. The van der Waals surface area contributed by atoms with E-state index in [9.17, 15) is 4.79 Å². The molecule has 0 bridgehead atoms. The van der Waals surface area contributed by atoms with Gasteiger partial charge in [-0.15, -0.1) is 12.4 Å². The third-order valence-electron chi connectivity index (χ3n) is 2.64. The molecule has 1 aromatic carbocycles. The minimum absolute atomic E-state index is 0. The molecule has 114 valence electrons. The van der Waals surface area contributed by atoms with Crippen molar-refractivity contribution < 1.29 is 14.3 Å². The zero-order valence-electron chi connectivity index (χ0n) is 11.6. The lowest BCUT2D eigenvalue weighted by Crippen LogP contribution is -2.23. The predicted molar refractivity (Wildman–Crippen MR) is 84.6 cm³/mol. The van der Waals surface area contributed by atoms with E-state index < -0.39 is 0 Å². The van der Waals surface area contributed by atoms with E-state index in [1.807, 2.05) is 12.1 Å². The van der Waals surface area contributed by atoms with Gasteiger partial charge in [0.1, 0.15) is 0 Å². The lowest BCUT2D eigenvalue weighted by Gasteiger charge is -2.12. The van der Waals surface area contributed by atoms with E-state index in [2.05, 4.69) is 21.2 Å². The Hall–Kier alpha value is -0.980. The normalized spacial score (nSPS) is 9.60. The summed E-state index contributed by atoms with van der Waals surface area (Å²) >= 11 is 3.45. The summed E-state index contributed by atoms with van der Waals surface area (Å²) < 4.78 is 11.3. The highest BCUT2D eigenvalue weighted by Gasteiger charge is 2.10. The van der Waals surface area contributed by atoms with E-state index >= 15 is 0 Å². The zero-order chi connectivity index (χ0) is 14.3. The Balaban J connectivity index is 0.00000361. The molecular formula is C13H20BrClN2O3. The smallest absolute Gasteiger partial charge is 0.220 e. The number of benzene rings is 1. The number of rotatable bonds is 7. The molecule has 1 amide bonds. The Labute approximate surface area is 133 Å². The van der Waals surface area contributed by atoms with Crippen molar-refractivity contribution >= 4 is 34.2 Å². The largest absolute Gasteiger partial charge is 0.493 e. The molecule has 0 atom stereocenters. The lowest BCUT2D eigenvalue weighted by molar-refractivity contribution is -0.121. The molecule has 0 aliphatic heterocycles. The fourth-order valence-corrected chi connectivity index (χ4v) is 2.04. The molecule has 0 saturated carbocycles. The molecule has 0 heterocycles. The zero-order valence-corrected chi connectivity index (χ0v) is 14.0. The first-order valence-corrected chi connectivity index (χ1v) is 6.78. The van der Waals surface area contributed by atoms with E-state index in [4.69, 9.17) is 15.2 Å². The highest BCUT2D eigenvalue weighted by molar-refractivity contribution is 9.10. The van der Waals surface area contributed by atoms with Crippen molar-refractivity contribution in [2.75, 3.05) is 20.8 Å². The highest BCUT2D eigenvalue weighted by Crippen LogP contribution is 2.33. The van der Waals surface area contributed by atoms with Crippen molar-refractivity contribution in [3.05, 3.63) is 22.2 Å². The molecule has 0 radical (unpaired) electrons. The molecule has 1 aromatic rings. The second kappa shape index (κ2) is 9.85. The molecule has 7 heteroatoms. The summed E-state index contributed by atoms with van der Waals surface area (Å²) in [5.41, 5.74) is 6.29. The number of nitrogens with one attached hydrogen (secondary N) is 1. The van der Waals surface area contributed by atoms with Crippen LogP contribution >= 0.6 is 28.3 Å². The Morgan fingerprint density at radius 3 is 2.45 bits per heavy atom. The number of hydrogen-bond donors (Lipinski definition) is 2. The number of methoxy groups -OCH3 is 2. The van der Waals surface area contributed by atoms with Crippen LogP contribution < -0.4 is 20.5 Å². The maximum absolute atomic E-state index is 11.5. The number of ether oxygens (including phenoxy) is 2. The Bertz CT molecular complexity index is 444. The molecular weight excluding hydrogens is 348 g/mol. The van der Waals surface area contributed by atoms with Gasteiger partial charge >= 0.3 is 0 Å². The van der Waals surface area contributed by atoms with Gasteiger partial charge in [-0.25, -0.2) is 0 Å². The maximum Gasteiger partial charge on any atom is 0.220 e. The molecule has 5 nitrogen and oxygen atoms in total. The minimum Gasteiger partial charge on any atom is -0.493 e. The van der Waals surface area contributed by atoms with E-state index in [1.165, 1.54) is 0 Å². The maximum atomic E-state index is 11.5. The fraction of sp³-hybridized carbons (Fsp3) is 0.462. The van der Waals surface area contributed by atoms with Gasteiger partial charge in [-0.1, -0.05) is 15.9 Å². The van der Waals surface area contributed by atoms with E-state index in [0.29, 0.717) is 37.4 Å². The first-order valence-electron chi connectivity index (χ1n) is 5.99. The van der Waals surface area contributed by atoms with Gasteiger partial charge in [0.05, 0.1) is 14.2 Å². The SMILES string of the molecule is COc1cc(Br)c(CNC(=O)CCCN)cc1OC.Cl. The van der Waals surface area contributed by atoms with Crippen LogP contribution in [0.4, 0.5) is 0 Å². The topological polar surface area (TPSA) is 73.6 Å². The van der Waals surface area contributed by atoms with Crippen LogP contribution in [0.5, 0.6) is 11.5 Å². The van der Waals surface area contributed by atoms with Crippen molar-refractivity contribution in [3.63, 3.8) is 0 Å². The Morgan fingerprint density at radius 1 is 1.30 bits per heavy atom.